The lowest BCUT2D eigenvalue weighted by Crippen LogP contribution is -2.45. The highest BCUT2D eigenvalue weighted by atomic mass is 32.2. The van der Waals surface area contributed by atoms with E-state index in [-0.39, 0.29) is 23.5 Å². The predicted molar refractivity (Wildman–Crippen MR) is 96.1 cm³/mol. The fourth-order valence-electron chi connectivity index (χ4n) is 1.79. The van der Waals surface area contributed by atoms with Gasteiger partial charge in [-0.1, -0.05) is 19.1 Å². The molecule has 132 valence electrons. The lowest BCUT2D eigenvalue weighted by Gasteiger charge is -2.16. The topological polar surface area (TPSA) is 78.5 Å². The zero-order valence-electron chi connectivity index (χ0n) is 14.6. The second kappa shape index (κ2) is 9.97. The molecule has 0 fully saturated rings. The third-order valence-corrected chi connectivity index (χ3v) is 4.33. The minimum Gasteiger partial charge on any atom is -0.354 e. The molecule has 2 N–H and O–H groups in total. The van der Waals surface area contributed by atoms with E-state index in [4.69, 9.17) is 0 Å². The second-order valence-corrected chi connectivity index (χ2v) is 6.58. The molecular weight excluding hydrogens is 326 g/mol. The summed E-state index contributed by atoms with van der Waals surface area (Å²) >= 11 is 1.31. The molecule has 0 aliphatic carbocycles. The van der Waals surface area contributed by atoms with Crippen molar-refractivity contribution in [2.24, 2.45) is 0 Å². The van der Waals surface area contributed by atoms with Gasteiger partial charge in [-0.2, -0.15) is 0 Å². The molecule has 0 radical (unpaired) electrons. The molecule has 0 bridgehead atoms. The van der Waals surface area contributed by atoms with Crippen LogP contribution in [0.4, 0.5) is 0 Å². The summed E-state index contributed by atoms with van der Waals surface area (Å²) in [6.07, 6.45) is 0.839. The first-order chi connectivity index (χ1) is 11.4. The van der Waals surface area contributed by atoms with E-state index in [2.05, 4.69) is 10.6 Å². The molecule has 0 spiro atoms. The van der Waals surface area contributed by atoms with Crippen molar-refractivity contribution < 1.29 is 14.4 Å². The van der Waals surface area contributed by atoms with Crippen LogP contribution >= 0.6 is 11.8 Å². The summed E-state index contributed by atoms with van der Waals surface area (Å²) in [5.74, 6) is -0.306. The molecule has 0 heterocycles. The van der Waals surface area contributed by atoms with Crippen LogP contribution in [0.15, 0.2) is 29.2 Å². The summed E-state index contributed by atoms with van der Waals surface area (Å²) in [5, 5.41) is 5.44. The Kier molecular flexibility index (Phi) is 8.32. The average Bonchev–Trinajstić information content (AvgIpc) is 2.57. The van der Waals surface area contributed by atoms with E-state index in [1.165, 1.54) is 16.7 Å². The monoisotopic (exact) mass is 351 g/mol. The summed E-state index contributed by atoms with van der Waals surface area (Å²) in [6.45, 7) is 4.19. The van der Waals surface area contributed by atoms with Gasteiger partial charge in [0.15, 0.2) is 0 Å². The van der Waals surface area contributed by atoms with Gasteiger partial charge in [0.2, 0.25) is 11.8 Å². The Bertz CT molecular complexity index is 590. The van der Waals surface area contributed by atoms with Gasteiger partial charge in [0.25, 0.3) is 5.91 Å². The molecule has 0 saturated heterocycles. The quantitative estimate of drug-likeness (QED) is 0.696. The highest BCUT2D eigenvalue weighted by Crippen LogP contribution is 2.22. The maximum Gasteiger partial charge on any atom is 0.253 e. The number of nitrogens with zero attached hydrogens (tertiary/aromatic N) is 1. The van der Waals surface area contributed by atoms with Gasteiger partial charge in [0.05, 0.1) is 11.3 Å². The summed E-state index contributed by atoms with van der Waals surface area (Å²) in [4.78, 5) is 38.2. The van der Waals surface area contributed by atoms with Gasteiger partial charge in [0, 0.05) is 25.5 Å². The van der Waals surface area contributed by atoms with Crippen molar-refractivity contribution >= 4 is 29.5 Å². The molecule has 1 rings (SSSR count). The van der Waals surface area contributed by atoms with Gasteiger partial charge in [-0.3, -0.25) is 14.4 Å². The van der Waals surface area contributed by atoms with Crippen LogP contribution in [0.2, 0.25) is 0 Å². The average molecular weight is 351 g/mol. The van der Waals surface area contributed by atoms with Crippen LogP contribution in [0, 0.1) is 0 Å². The number of carbonyl (C=O) groups excluding carboxylic acids is 3. The standard InChI is InChI=1S/C17H25N3O3S/c1-5-10-18-16(22)12(2)19-17(23)13-8-6-7-9-14(13)24-11-15(21)20(3)4/h6-9,12H,5,10-11H2,1-4H3,(H,18,22)(H,19,23). The Morgan fingerprint density at radius 2 is 1.88 bits per heavy atom. The third kappa shape index (κ3) is 6.23. The summed E-state index contributed by atoms with van der Waals surface area (Å²) in [7, 11) is 3.39. The van der Waals surface area contributed by atoms with Crippen LogP contribution < -0.4 is 10.6 Å². The Balaban J connectivity index is 2.73. The van der Waals surface area contributed by atoms with Crippen molar-refractivity contribution in [2.45, 2.75) is 31.2 Å². The number of hydrogen-bond acceptors (Lipinski definition) is 4. The maximum atomic E-state index is 12.4. The van der Waals surface area contributed by atoms with Crippen molar-refractivity contribution in [3.63, 3.8) is 0 Å². The zero-order valence-corrected chi connectivity index (χ0v) is 15.4. The molecule has 6 nitrogen and oxygen atoms in total. The van der Waals surface area contributed by atoms with Gasteiger partial charge in [-0.05, 0) is 25.5 Å². The zero-order chi connectivity index (χ0) is 18.1. The van der Waals surface area contributed by atoms with Crippen LogP contribution in [-0.4, -0.2) is 55.1 Å². The van der Waals surface area contributed by atoms with Crippen LogP contribution in [0.5, 0.6) is 0 Å². The number of thioether (sulfide) groups is 1. The molecule has 1 atom stereocenters. The van der Waals surface area contributed by atoms with E-state index in [1.54, 1.807) is 39.2 Å². The first-order valence-corrected chi connectivity index (χ1v) is 8.86. The largest absolute Gasteiger partial charge is 0.354 e. The molecule has 0 saturated carbocycles. The lowest BCUT2D eigenvalue weighted by molar-refractivity contribution is -0.126. The van der Waals surface area contributed by atoms with E-state index in [0.717, 1.165) is 6.42 Å². The Labute approximate surface area is 147 Å². The molecule has 3 amide bonds. The fraction of sp³-hybridized carbons (Fsp3) is 0.471. The van der Waals surface area contributed by atoms with Crippen molar-refractivity contribution in [1.82, 2.24) is 15.5 Å². The Morgan fingerprint density at radius 1 is 1.21 bits per heavy atom. The van der Waals surface area contributed by atoms with Gasteiger partial charge in [0.1, 0.15) is 6.04 Å². The van der Waals surface area contributed by atoms with E-state index in [9.17, 15) is 14.4 Å². The number of hydrogen-bond donors (Lipinski definition) is 2. The molecule has 0 aliphatic rings. The highest BCUT2D eigenvalue weighted by molar-refractivity contribution is 8.00. The number of benzene rings is 1. The predicted octanol–water partition coefficient (Wildman–Crippen LogP) is 1.51. The molecule has 1 aromatic carbocycles. The number of rotatable bonds is 8. The SMILES string of the molecule is CCCNC(=O)C(C)NC(=O)c1ccccc1SCC(=O)N(C)C. The molecule has 24 heavy (non-hydrogen) atoms. The first-order valence-electron chi connectivity index (χ1n) is 7.87. The van der Waals surface area contributed by atoms with Crippen LogP contribution in [-0.2, 0) is 9.59 Å². The molecular formula is C17H25N3O3S. The normalized spacial score (nSPS) is 11.5. The number of nitrogens with one attached hydrogen (secondary N) is 2. The van der Waals surface area contributed by atoms with Gasteiger partial charge in [-0.15, -0.1) is 11.8 Å². The van der Waals surface area contributed by atoms with E-state index >= 15 is 0 Å². The van der Waals surface area contributed by atoms with Crippen LogP contribution in [0.25, 0.3) is 0 Å². The van der Waals surface area contributed by atoms with E-state index in [1.807, 2.05) is 13.0 Å². The number of carbonyl (C=O) groups is 3. The van der Waals surface area contributed by atoms with E-state index < -0.39 is 6.04 Å². The molecule has 0 aliphatic heterocycles. The van der Waals surface area contributed by atoms with Crippen LogP contribution in [0.1, 0.15) is 30.6 Å². The smallest absolute Gasteiger partial charge is 0.253 e. The van der Waals surface area contributed by atoms with Gasteiger partial charge >= 0.3 is 0 Å². The minimum absolute atomic E-state index is 0.0254. The van der Waals surface area contributed by atoms with Crippen molar-refractivity contribution in [3.05, 3.63) is 29.8 Å². The van der Waals surface area contributed by atoms with E-state index in [0.29, 0.717) is 17.0 Å². The fourth-order valence-corrected chi connectivity index (χ4v) is 2.82. The minimum atomic E-state index is -0.620. The lowest BCUT2D eigenvalue weighted by atomic mass is 10.2. The molecule has 1 unspecified atom stereocenters. The Hall–Kier alpha value is -2.02. The van der Waals surface area contributed by atoms with Crippen molar-refractivity contribution in [2.75, 3.05) is 26.4 Å². The highest BCUT2D eigenvalue weighted by Gasteiger charge is 2.18. The molecule has 7 heteroatoms. The number of amides is 3. The Morgan fingerprint density at radius 3 is 2.50 bits per heavy atom. The summed E-state index contributed by atoms with van der Waals surface area (Å²) in [5.41, 5.74) is 0.462. The maximum absolute atomic E-state index is 12.4. The van der Waals surface area contributed by atoms with Crippen molar-refractivity contribution in [3.8, 4) is 0 Å². The molecule has 0 aromatic heterocycles. The third-order valence-electron chi connectivity index (χ3n) is 3.27. The van der Waals surface area contributed by atoms with Crippen molar-refractivity contribution in [1.29, 1.82) is 0 Å². The second-order valence-electron chi connectivity index (χ2n) is 5.56. The van der Waals surface area contributed by atoms with Gasteiger partial charge < -0.3 is 15.5 Å². The van der Waals surface area contributed by atoms with Gasteiger partial charge in [-0.25, -0.2) is 0 Å². The summed E-state index contributed by atoms with van der Waals surface area (Å²) < 4.78 is 0. The summed E-state index contributed by atoms with van der Waals surface area (Å²) in [6, 6.07) is 6.44. The molecule has 1 aromatic rings. The van der Waals surface area contributed by atoms with Crippen LogP contribution in [0.3, 0.4) is 0 Å². The first kappa shape index (κ1) is 20.0.